The zero-order chi connectivity index (χ0) is 15.4. The smallest absolute Gasteiger partial charge is 0.309 e. The maximum atomic E-state index is 12.3. The number of hydrogen-bond acceptors (Lipinski definition) is 2. The first-order valence-electron chi connectivity index (χ1n) is 7.60. The average molecular weight is 287 g/mol. The van der Waals surface area contributed by atoms with Crippen molar-refractivity contribution in [3.63, 3.8) is 0 Å². The van der Waals surface area contributed by atoms with Crippen molar-refractivity contribution in [1.82, 2.24) is 14.5 Å². The molecule has 0 bridgehead atoms. The minimum Gasteiger partial charge on any atom is -0.309 e. The van der Waals surface area contributed by atoms with E-state index in [1.54, 1.807) is 9.13 Å². The molecule has 0 aliphatic carbocycles. The number of likely N-dealkylation sites (N-methyl/N-ethyl adjacent to an activating group) is 1. The molecule has 4 heteroatoms. The minimum atomic E-state index is 0.0561. The van der Waals surface area contributed by atoms with Crippen LogP contribution < -0.4 is 11.0 Å². The van der Waals surface area contributed by atoms with Crippen LogP contribution in [0, 0.1) is 6.92 Å². The van der Waals surface area contributed by atoms with E-state index in [1.807, 2.05) is 26.2 Å². The first-order chi connectivity index (χ1) is 10.0. The van der Waals surface area contributed by atoms with Crippen molar-refractivity contribution in [1.29, 1.82) is 0 Å². The topological polar surface area (TPSA) is 39.0 Å². The quantitative estimate of drug-likeness (QED) is 0.887. The molecule has 2 rings (SSSR count). The molecule has 0 saturated heterocycles. The lowest BCUT2D eigenvalue weighted by atomic mass is 10.0. The van der Waals surface area contributed by atoms with Gasteiger partial charge in [-0.25, -0.2) is 4.79 Å². The fourth-order valence-corrected chi connectivity index (χ4v) is 2.58. The van der Waals surface area contributed by atoms with Gasteiger partial charge in [-0.05, 0) is 32.9 Å². The standard InChI is InChI=1S/C17H25N3O/c1-5-18-16(15-8-6-7-14(4)11-15)12-19-9-10-20(13(2)3)17(19)21/h6-11,13,16,18H,5,12H2,1-4H3. The van der Waals surface area contributed by atoms with Crippen LogP contribution in [0.4, 0.5) is 0 Å². The lowest BCUT2D eigenvalue weighted by molar-refractivity contribution is 0.456. The molecule has 0 aliphatic heterocycles. The van der Waals surface area contributed by atoms with Gasteiger partial charge < -0.3 is 5.32 Å². The second-order valence-electron chi connectivity index (χ2n) is 5.76. The highest BCUT2D eigenvalue weighted by Gasteiger charge is 2.14. The van der Waals surface area contributed by atoms with Crippen LogP contribution in [0.1, 0.15) is 44.0 Å². The molecular weight excluding hydrogens is 262 g/mol. The van der Waals surface area contributed by atoms with Gasteiger partial charge in [-0.15, -0.1) is 0 Å². The van der Waals surface area contributed by atoms with Gasteiger partial charge in [0, 0.05) is 25.0 Å². The zero-order valence-electron chi connectivity index (χ0n) is 13.3. The summed E-state index contributed by atoms with van der Waals surface area (Å²) in [5.41, 5.74) is 2.52. The number of benzene rings is 1. The van der Waals surface area contributed by atoms with E-state index >= 15 is 0 Å². The SMILES string of the molecule is CCNC(Cn1ccn(C(C)C)c1=O)c1cccc(C)c1. The van der Waals surface area contributed by atoms with Crippen molar-refractivity contribution in [2.75, 3.05) is 6.54 Å². The second-order valence-corrected chi connectivity index (χ2v) is 5.76. The maximum Gasteiger partial charge on any atom is 0.328 e. The van der Waals surface area contributed by atoms with Crippen molar-refractivity contribution in [2.45, 2.75) is 46.3 Å². The average Bonchev–Trinajstić information content (AvgIpc) is 2.80. The Hall–Kier alpha value is -1.81. The summed E-state index contributed by atoms with van der Waals surface area (Å²) in [4.78, 5) is 12.3. The Bertz CT molecular complexity index is 639. The fourth-order valence-electron chi connectivity index (χ4n) is 2.58. The summed E-state index contributed by atoms with van der Waals surface area (Å²) in [7, 11) is 0. The van der Waals surface area contributed by atoms with Crippen molar-refractivity contribution in [2.24, 2.45) is 0 Å². The van der Waals surface area contributed by atoms with Gasteiger partial charge in [0.05, 0.1) is 6.04 Å². The molecule has 1 heterocycles. The third kappa shape index (κ3) is 3.64. The van der Waals surface area contributed by atoms with E-state index in [4.69, 9.17) is 0 Å². The lowest BCUT2D eigenvalue weighted by Crippen LogP contribution is -2.31. The molecule has 0 spiro atoms. The summed E-state index contributed by atoms with van der Waals surface area (Å²) in [6, 6.07) is 8.79. The monoisotopic (exact) mass is 287 g/mol. The van der Waals surface area contributed by atoms with Gasteiger partial charge in [0.15, 0.2) is 0 Å². The van der Waals surface area contributed by atoms with Crippen LogP contribution in [-0.4, -0.2) is 15.7 Å². The summed E-state index contributed by atoms with van der Waals surface area (Å²) >= 11 is 0. The van der Waals surface area contributed by atoms with E-state index in [1.165, 1.54) is 11.1 Å². The number of aryl methyl sites for hydroxylation is 1. The molecular formula is C17H25N3O. The predicted molar refractivity (Wildman–Crippen MR) is 86.7 cm³/mol. The van der Waals surface area contributed by atoms with Gasteiger partial charge >= 0.3 is 5.69 Å². The Kier molecular flexibility index (Phi) is 5.02. The Morgan fingerprint density at radius 3 is 2.57 bits per heavy atom. The number of aromatic nitrogens is 2. The molecule has 0 amide bonds. The van der Waals surface area contributed by atoms with E-state index in [0.717, 1.165) is 6.54 Å². The minimum absolute atomic E-state index is 0.0561. The van der Waals surface area contributed by atoms with Gasteiger partial charge in [0.1, 0.15) is 0 Å². The van der Waals surface area contributed by atoms with Crippen LogP contribution in [-0.2, 0) is 6.54 Å². The van der Waals surface area contributed by atoms with Crippen LogP contribution in [0.3, 0.4) is 0 Å². The van der Waals surface area contributed by atoms with Gasteiger partial charge in [0.2, 0.25) is 0 Å². The maximum absolute atomic E-state index is 12.3. The molecule has 114 valence electrons. The Balaban J connectivity index is 2.26. The number of nitrogens with one attached hydrogen (secondary N) is 1. The normalized spacial score (nSPS) is 12.8. The zero-order valence-corrected chi connectivity index (χ0v) is 13.3. The molecule has 1 atom stereocenters. The van der Waals surface area contributed by atoms with Crippen LogP contribution >= 0.6 is 0 Å². The summed E-state index contributed by atoms with van der Waals surface area (Å²) < 4.78 is 3.55. The molecule has 4 nitrogen and oxygen atoms in total. The van der Waals surface area contributed by atoms with Gasteiger partial charge in [0.25, 0.3) is 0 Å². The van der Waals surface area contributed by atoms with Gasteiger partial charge in [-0.1, -0.05) is 36.8 Å². The van der Waals surface area contributed by atoms with E-state index in [0.29, 0.717) is 6.54 Å². The van der Waals surface area contributed by atoms with Crippen LogP contribution in [0.15, 0.2) is 41.5 Å². The molecule has 0 radical (unpaired) electrons. The third-order valence-electron chi connectivity index (χ3n) is 3.70. The van der Waals surface area contributed by atoms with E-state index in [2.05, 4.69) is 43.4 Å². The summed E-state index contributed by atoms with van der Waals surface area (Å²) in [5.74, 6) is 0. The molecule has 0 saturated carbocycles. The largest absolute Gasteiger partial charge is 0.328 e. The Labute approximate surface area is 126 Å². The number of nitrogens with zero attached hydrogens (tertiary/aromatic N) is 2. The first-order valence-corrected chi connectivity index (χ1v) is 7.60. The number of rotatable bonds is 6. The van der Waals surface area contributed by atoms with E-state index in [9.17, 15) is 4.79 Å². The summed E-state index contributed by atoms with van der Waals surface area (Å²) in [6.45, 7) is 9.75. The second kappa shape index (κ2) is 6.76. The predicted octanol–water partition coefficient (Wildman–Crippen LogP) is 2.89. The fraction of sp³-hybridized carbons (Fsp3) is 0.471. The van der Waals surface area contributed by atoms with Crippen LogP contribution in [0.2, 0.25) is 0 Å². The first kappa shape index (κ1) is 15.6. The summed E-state index contributed by atoms with van der Waals surface area (Å²) in [6.07, 6.45) is 3.74. The highest BCUT2D eigenvalue weighted by molar-refractivity contribution is 5.25. The van der Waals surface area contributed by atoms with Crippen LogP contribution in [0.5, 0.6) is 0 Å². The molecule has 2 aromatic rings. The van der Waals surface area contributed by atoms with Gasteiger partial charge in [-0.3, -0.25) is 9.13 Å². The van der Waals surface area contributed by atoms with Crippen molar-refractivity contribution >= 4 is 0 Å². The molecule has 1 aromatic carbocycles. The molecule has 1 aromatic heterocycles. The molecule has 0 aliphatic rings. The molecule has 0 fully saturated rings. The highest BCUT2D eigenvalue weighted by Crippen LogP contribution is 2.16. The number of hydrogen-bond donors (Lipinski definition) is 1. The van der Waals surface area contributed by atoms with E-state index < -0.39 is 0 Å². The Morgan fingerprint density at radius 2 is 2.00 bits per heavy atom. The van der Waals surface area contributed by atoms with Crippen molar-refractivity contribution < 1.29 is 0 Å². The molecule has 1 N–H and O–H groups in total. The summed E-state index contributed by atoms with van der Waals surface area (Å²) in [5, 5.41) is 3.47. The van der Waals surface area contributed by atoms with E-state index in [-0.39, 0.29) is 17.8 Å². The lowest BCUT2D eigenvalue weighted by Gasteiger charge is -2.19. The molecule has 1 unspecified atom stereocenters. The van der Waals surface area contributed by atoms with Crippen molar-refractivity contribution in [3.8, 4) is 0 Å². The van der Waals surface area contributed by atoms with Crippen LogP contribution in [0.25, 0.3) is 0 Å². The molecule has 21 heavy (non-hydrogen) atoms. The Morgan fingerprint density at radius 1 is 1.24 bits per heavy atom. The highest BCUT2D eigenvalue weighted by atomic mass is 16.1. The van der Waals surface area contributed by atoms with Gasteiger partial charge in [-0.2, -0.15) is 0 Å². The third-order valence-corrected chi connectivity index (χ3v) is 3.70. The number of imidazole rings is 1. The van der Waals surface area contributed by atoms with Crippen molar-refractivity contribution in [3.05, 3.63) is 58.3 Å².